The van der Waals surface area contributed by atoms with Crippen molar-refractivity contribution >= 4 is 11.8 Å². The second-order valence-corrected chi connectivity index (χ2v) is 3.84. The molecule has 1 aromatic carbocycles. The third-order valence-electron chi connectivity index (χ3n) is 1.93. The predicted molar refractivity (Wildman–Crippen MR) is 60.2 cm³/mol. The van der Waals surface area contributed by atoms with Gasteiger partial charge in [-0.25, -0.2) is 0 Å². The van der Waals surface area contributed by atoms with Gasteiger partial charge in [0.2, 0.25) is 0 Å². The highest BCUT2D eigenvalue weighted by atomic mass is 32.2. The minimum Gasteiger partial charge on any atom is -0.313 e. The minimum atomic E-state index is 0.991. The lowest BCUT2D eigenvalue weighted by atomic mass is 10.2. The van der Waals surface area contributed by atoms with Crippen LogP contribution < -0.4 is 5.32 Å². The second kappa shape index (κ2) is 6.06. The maximum Gasteiger partial charge on any atom is 0.0216 e. The van der Waals surface area contributed by atoms with Crippen LogP contribution in [-0.4, -0.2) is 12.8 Å². The Balaban J connectivity index is 2.54. The number of benzene rings is 1. The van der Waals surface area contributed by atoms with Crippen molar-refractivity contribution in [3.8, 4) is 0 Å². The van der Waals surface area contributed by atoms with E-state index in [1.54, 1.807) is 0 Å². The van der Waals surface area contributed by atoms with Crippen molar-refractivity contribution in [1.29, 1.82) is 0 Å². The van der Waals surface area contributed by atoms with Crippen LogP contribution in [0.3, 0.4) is 0 Å². The van der Waals surface area contributed by atoms with E-state index in [1.165, 1.54) is 16.9 Å². The van der Waals surface area contributed by atoms with Gasteiger partial charge in [-0.15, -0.1) is 11.8 Å². The zero-order chi connectivity index (χ0) is 9.52. The molecule has 0 fully saturated rings. The summed E-state index contributed by atoms with van der Waals surface area (Å²) in [6.07, 6.45) is 3.32. The lowest BCUT2D eigenvalue weighted by Gasteiger charge is -2.07. The molecule has 0 saturated heterocycles. The second-order valence-electron chi connectivity index (χ2n) is 2.99. The van der Waals surface area contributed by atoms with Gasteiger partial charge < -0.3 is 5.32 Å². The Labute approximate surface area is 84.9 Å². The molecule has 0 aliphatic carbocycles. The van der Waals surface area contributed by atoms with E-state index in [0.717, 1.165) is 13.1 Å². The first kappa shape index (κ1) is 10.6. The van der Waals surface area contributed by atoms with E-state index < -0.39 is 0 Å². The number of nitrogens with one attached hydrogen (secondary N) is 1. The van der Waals surface area contributed by atoms with E-state index in [4.69, 9.17) is 0 Å². The molecule has 0 saturated carbocycles. The summed E-state index contributed by atoms with van der Waals surface area (Å²) in [6, 6.07) is 8.56. The first-order chi connectivity index (χ1) is 6.38. The quantitative estimate of drug-likeness (QED) is 0.572. The van der Waals surface area contributed by atoms with Crippen molar-refractivity contribution in [2.75, 3.05) is 12.8 Å². The molecule has 2 heteroatoms. The Kier molecular flexibility index (Phi) is 4.94. The maximum absolute atomic E-state index is 3.41. The van der Waals surface area contributed by atoms with Crippen molar-refractivity contribution in [3.63, 3.8) is 0 Å². The lowest BCUT2D eigenvalue weighted by Crippen LogP contribution is -2.14. The Morgan fingerprint density at radius 1 is 1.31 bits per heavy atom. The molecular weight excluding hydrogens is 178 g/mol. The first-order valence-corrected chi connectivity index (χ1v) is 5.93. The molecule has 13 heavy (non-hydrogen) atoms. The lowest BCUT2D eigenvalue weighted by molar-refractivity contribution is 0.669. The van der Waals surface area contributed by atoms with Gasteiger partial charge in [0, 0.05) is 11.4 Å². The Morgan fingerprint density at radius 2 is 2.08 bits per heavy atom. The van der Waals surface area contributed by atoms with Crippen LogP contribution in [0, 0.1) is 0 Å². The summed E-state index contributed by atoms with van der Waals surface area (Å²) in [7, 11) is 0. The van der Waals surface area contributed by atoms with Gasteiger partial charge in [-0.05, 0) is 30.9 Å². The van der Waals surface area contributed by atoms with E-state index in [0.29, 0.717) is 0 Å². The molecule has 0 spiro atoms. The fourth-order valence-electron chi connectivity index (χ4n) is 1.25. The smallest absolute Gasteiger partial charge is 0.0216 e. The third kappa shape index (κ3) is 3.41. The van der Waals surface area contributed by atoms with E-state index >= 15 is 0 Å². The number of hydrogen-bond donors (Lipinski definition) is 1. The van der Waals surface area contributed by atoms with Gasteiger partial charge in [0.05, 0.1) is 0 Å². The first-order valence-electron chi connectivity index (χ1n) is 4.71. The zero-order valence-electron chi connectivity index (χ0n) is 8.34. The number of thioether (sulfide) groups is 1. The molecule has 0 amide bonds. The molecule has 0 radical (unpaired) electrons. The van der Waals surface area contributed by atoms with Gasteiger partial charge in [-0.2, -0.15) is 0 Å². The molecule has 1 N–H and O–H groups in total. The maximum atomic E-state index is 3.41. The zero-order valence-corrected chi connectivity index (χ0v) is 9.16. The third-order valence-corrected chi connectivity index (χ3v) is 2.77. The molecule has 0 atom stereocenters. The van der Waals surface area contributed by atoms with Crippen molar-refractivity contribution in [2.24, 2.45) is 0 Å². The highest BCUT2D eigenvalue weighted by Crippen LogP contribution is 2.19. The van der Waals surface area contributed by atoms with Gasteiger partial charge >= 0.3 is 0 Å². The molecule has 1 rings (SSSR count). The number of hydrogen-bond acceptors (Lipinski definition) is 2. The molecule has 0 aliphatic heterocycles. The van der Waals surface area contributed by atoms with Gasteiger partial charge in [-0.1, -0.05) is 25.1 Å². The highest BCUT2D eigenvalue weighted by molar-refractivity contribution is 7.98. The van der Waals surface area contributed by atoms with Gasteiger partial charge in [0.1, 0.15) is 0 Å². The average Bonchev–Trinajstić information content (AvgIpc) is 2.19. The van der Waals surface area contributed by atoms with Crippen LogP contribution in [0.25, 0.3) is 0 Å². The van der Waals surface area contributed by atoms with Gasteiger partial charge in [0.15, 0.2) is 0 Å². The van der Waals surface area contributed by atoms with E-state index in [2.05, 4.69) is 42.8 Å². The summed E-state index contributed by atoms with van der Waals surface area (Å²) in [4.78, 5) is 1.38. The van der Waals surface area contributed by atoms with Crippen LogP contribution in [0.5, 0.6) is 0 Å². The normalized spacial score (nSPS) is 10.3. The Bertz CT molecular complexity index is 248. The molecule has 0 aliphatic rings. The fourth-order valence-corrected chi connectivity index (χ4v) is 1.87. The SMILES string of the molecule is CCCNCc1ccccc1SC. The van der Waals surface area contributed by atoms with Gasteiger partial charge in [-0.3, -0.25) is 0 Å². The summed E-state index contributed by atoms with van der Waals surface area (Å²) in [5.41, 5.74) is 1.41. The molecular formula is C11H17NS. The monoisotopic (exact) mass is 195 g/mol. The standard InChI is InChI=1S/C11H17NS/c1-3-8-12-9-10-6-4-5-7-11(10)13-2/h4-7,12H,3,8-9H2,1-2H3. The molecule has 0 unspecified atom stereocenters. The summed E-state index contributed by atoms with van der Waals surface area (Å²) < 4.78 is 0. The van der Waals surface area contributed by atoms with Crippen LogP contribution in [0.4, 0.5) is 0 Å². The van der Waals surface area contributed by atoms with Crippen LogP contribution in [-0.2, 0) is 6.54 Å². The van der Waals surface area contributed by atoms with Crippen LogP contribution in [0.1, 0.15) is 18.9 Å². The average molecular weight is 195 g/mol. The van der Waals surface area contributed by atoms with E-state index in [1.807, 2.05) is 11.8 Å². The molecule has 0 heterocycles. The topological polar surface area (TPSA) is 12.0 Å². The van der Waals surface area contributed by atoms with Crippen molar-refractivity contribution in [2.45, 2.75) is 24.8 Å². The van der Waals surface area contributed by atoms with Gasteiger partial charge in [0.25, 0.3) is 0 Å². The van der Waals surface area contributed by atoms with Crippen LogP contribution in [0.15, 0.2) is 29.2 Å². The summed E-state index contributed by atoms with van der Waals surface area (Å²) in [5, 5.41) is 3.41. The van der Waals surface area contributed by atoms with Crippen molar-refractivity contribution in [1.82, 2.24) is 5.32 Å². The number of rotatable bonds is 5. The van der Waals surface area contributed by atoms with E-state index in [-0.39, 0.29) is 0 Å². The fraction of sp³-hybridized carbons (Fsp3) is 0.455. The van der Waals surface area contributed by atoms with Crippen molar-refractivity contribution in [3.05, 3.63) is 29.8 Å². The summed E-state index contributed by atoms with van der Waals surface area (Å²) >= 11 is 1.81. The molecule has 0 bridgehead atoms. The predicted octanol–water partition coefficient (Wildman–Crippen LogP) is 2.91. The molecule has 1 nitrogen and oxygen atoms in total. The van der Waals surface area contributed by atoms with E-state index in [9.17, 15) is 0 Å². The Hall–Kier alpha value is -0.470. The molecule has 72 valence electrons. The molecule has 1 aromatic rings. The largest absolute Gasteiger partial charge is 0.313 e. The van der Waals surface area contributed by atoms with Crippen LogP contribution in [0.2, 0.25) is 0 Å². The molecule has 0 aromatic heterocycles. The summed E-state index contributed by atoms with van der Waals surface area (Å²) in [5.74, 6) is 0. The minimum absolute atomic E-state index is 0.991. The Morgan fingerprint density at radius 3 is 2.77 bits per heavy atom. The van der Waals surface area contributed by atoms with Crippen LogP contribution >= 0.6 is 11.8 Å². The summed E-state index contributed by atoms with van der Waals surface area (Å²) in [6.45, 7) is 4.28. The van der Waals surface area contributed by atoms with Crippen molar-refractivity contribution < 1.29 is 0 Å². The highest BCUT2D eigenvalue weighted by Gasteiger charge is 1.98.